The van der Waals surface area contributed by atoms with Crippen LogP contribution >= 0.6 is 0 Å². The molecular formula is C15H30N4O2. The van der Waals surface area contributed by atoms with Crippen LogP contribution in [0.25, 0.3) is 0 Å². The molecule has 0 saturated carbocycles. The standard InChI is InChI=1S/C15H30N4O2/c1-13(2)19-6-4-3-5-14(19)12-21-17-15(16)11-18-7-9-20-10-8-18/h13-14H,3-12H2,1-2H3,(H2,16,17). The van der Waals surface area contributed by atoms with Gasteiger partial charge in [0.05, 0.1) is 19.8 Å². The molecule has 0 amide bonds. The molecule has 0 bridgehead atoms. The van der Waals surface area contributed by atoms with Gasteiger partial charge >= 0.3 is 0 Å². The lowest BCUT2D eigenvalue weighted by molar-refractivity contribution is 0.0254. The van der Waals surface area contributed by atoms with E-state index in [0.717, 1.165) is 26.3 Å². The lowest BCUT2D eigenvalue weighted by Gasteiger charge is -2.37. The van der Waals surface area contributed by atoms with Gasteiger partial charge in [-0.1, -0.05) is 11.6 Å². The molecule has 2 aliphatic heterocycles. The van der Waals surface area contributed by atoms with Gasteiger partial charge in [-0.05, 0) is 33.2 Å². The molecule has 0 spiro atoms. The maximum absolute atomic E-state index is 5.94. The first-order valence-corrected chi connectivity index (χ1v) is 8.17. The Balaban J connectivity index is 1.72. The number of ether oxygens (including phenoxy) is 1. The van der Waals surface area contributed by atoms with Crippen LogP contribution in [0.2, 0.25) is 0 Å². The second-order valence-electron chi connectivity index (χ2n) is 6.25. The van der Waals surface area contributed by atoms with Crippen LogP contribution in [0.5, 0.6) is 0 Å². The number of nitrogens with zero attached hydrogens (tertiary/aromatic N) is 3. The van der Waals surface area contributed by atoms with Gasteiger partial charge in [0.25, 0.3) is 0 Å². The monoisotopic (exact) mass is 298 g/mol. The summed E-state index contributed by atoms with van der Waals surface area (Å²) in [4.78, 5) is 10.3. The predicted octanol–water partition coefficient (Wildman–Crippen LogP) is 0.870. The second-order valence-corrected chi connectivity index (χ2v) is 6.25. The van der Waals surface area contributed by atoms with Crippen LogP contribution in [0, 0.1) is 0 Å². The fraction of sp³-hybridized carbons (Fsp3) is 0.933. The molecule has 0 aromatic carbocycles. The lowest BCUT2D eigenvalue weighted by atomic mass is 10.0. The molecule has 6 heteroatoms. The van der Waals surface area contributed by atoms with Gasteiger partial charge < -0.3 is 15.3 Å². The smallest absolute Gasteiger partial charge is 0.153 e. The zero-order valence-electron chi connectivity index (χ0n) is 13.5. The Labute approximate surface area is 128 Å². The van der Waals surface area contributed by atoms with Crippen LogP contribution in [0.3, 0.4) is 0 Å². The molecule has 0 radical (unpaired) electrons. The third-order valence-corrected chi connectivity index (χ3v) is 4.27. The molecule has 2 N–H and O–H groups in total. The Kier molecular flexibility index (Phi) is 6.73. The molecule has 2 saturated heterocycles. The molecule has 122 valence electrons. The van der Waals surface area contributed by atoms with Crippen LogP contribution in [0.15, 0.2) is 5.16 Å². The van der Waals surface area contributed by atoms with E-state index in [1.165, 1.54) is 25.8 Å². The van der Waals surface area contributed by atoms with Gasteiger partial charge in [0, 0.05) is 25.2 Å². The molecule has 2 heterocycles. The minimum Gasteiger partial charge on any atom is -0.393 e. The summed E-state index contributed by atoms with van der Waals surface area (Å²) in [6, 6.07) is 1.03. The molecule has 2 rings (SSSR count). The van der Waals surface area contributed by atoms with E-state index in [9.17, 15) is 0 Å². The normalized spacial score (nSPS) is 26.2. The Morgan fingerprint density at radius 3 is 2.76 bits per heavy atom. The molecule has 0 aromatic heterocycles. The highest BCUT2D eigenvalue weighted by atomic mass is 16.6. The van der Waals surface area contributed by atoms with Gasteiger partial charge in [0.15, 0.2) is 5.84 Å². The topological polar surface area (TPSA) is 63.3 Å². The van der Waals surface area contributed by atoms with E-state index in [4.69, 9.17) is 15.3 Å². The molecular weight excluding hydrogens is 268 g/mol. The fourth-order valence-electron chi connectivity index (χ4n) is 3.11. The number of likely N-dealkylation sites (tertiary alicyclic amines) is 1. The first-order valence-electron chi connectivity index (χ1n) is 8.17. The number of rotatable bonds is 6. The minimum atomic E-state index is 0.471. The summed E-state index contributed by atoms with van der Waals surface area (Å²) in [5.74, 6) is 0.559. The highest BCUT2D eigenvalue weighted by molar-refractivity contribution is 5.81. The van der Waals surface area contributed by atoms with E-state index in [0.29, 0.717) is 31.1 Å². The molecule has 21 heavy (non-hydrogen) atoms. The van der Waals surface area contributed by atoms with Crippen molar-refractivity contribution < 1.29 is 9.57 Å². The average molecular weight is 298 g/mol. The van der Waals surface area contributed by atoms with Crippen LogP contribution in [-0.4, -0.2) is 73.7 Å². The Bertz CT molecular complexity index is 330. The highest BCUT2D eigenvalue weighted by Gasteiger charge is 2.25. The molecule has 1 unspecified atom stereocenters. The van der Waals surface area contributed by atoms with E-state index in [2.05, 4.69) is 28.8 Å². The molecule has 1 atom stereocenters. The van der Waals surface area contributed by atoms with Gasteiger partial charge in [0.1, 0.15) is 6.61 Å². The first-order chi connectivity index (χ1) is 10.2. The van der Waals surface area contributed by atoms with Crippen LogP contribution in [0.1, 0.15) is 33.1 Å². The summed E-state index contributed by atoms with van der Waals surface area (Å²) in [5.41, 5.74) is 5.94. The quantitative estimate of drug-likeness (QED) is 0.448. The number of hydrogen-bond acceptors (Lipinski definition) is 5. The molecule has 2 fully saturated rings. The zero-order chi connectivity index (χ0) is 15.1. The number of piperidine rings is 1. The van der Waals surface area contributed by atoms with Gasteiger partial charge in [-0.25, -0.2) is 0 Å². The molecule has 0 aliphatic carbocycles. The summed E-state index contributed by atoms with van der Waals surface area (Å²) < 4.78 is 5.32. The number of hydrogen-bond donors (Lipinski definition) is 1. The van der Waals surface area contributed by atoms with E-state index in [1.807, 2.05) is 0 Å². The van der Waals surface area contributed by atoms with Gasteiger partial charge in [-0.2, -0.15) is 0 Å². The van der Waals surface area contributed by atoms with Crippen molar-refractivity contribution in [3.8, 4) is 0 Å². The van der Waals surface area contributed by atoms with Crippen molar-refractivity contribution in [1.82, 2.24) is 9.80 Å². The number of nitrogens with two attached hydrogens (primary N) is 1. The Morgan fingerprint density at radius 2 is 2.05 bits per heavy atom. The van der Waals surface area contributed by atoms with Crippen LogP contribution < -0.4 is 5.73 Å². The summed E-state index contributed by atoms with van der Waals surface area (Å²) in [5, 5.41) is 4.09. The maximum atomic E-state index is 5.94. The third-order valence-electron chi connectivity index (χ3n) is 4.27. The maximum Gasteiger partial charge on any atom is 0.153 e. The van der Waals surface area contributed by atoms with Crippen LogP contribution in [0.4, 0.5) is 0 Å². The molecule has 6 nitrogen and oxygen atoms in total. The van der Waals surface area contributed by atoms with E-state index >= 15 is 0 Å². The van der Waals surface area contributed by atoms with Crippen molar-refractivity contribution in [3.05, 3.63) is 0 Å². The summed E-state index contributed by atoms with van der Waals surface area (Å²) in [6.07, 6.45) is 3.76. The van der Waals surface area contributed by atoms with Gasteiger partial charge in [-0.3, -0.25) is 9.80 Å². The number of amidine groups is 1. The van der Waals surface area contributed by atoms with Crippen molar-refractivity contribution in [2.45, 2.75) is 45.2 Å². The predicted molar refractivity (Wildman–Crippen MR) is 84.3 cm³/mol. The van der Waals surface area contributed by atoms with Crippen molar-refractivity contribution in [2.24, 2.45) is 10.9 Å². The van der Waals surface area contributed by atoms with Crippen molar-refractivity contribution >= 4 is 5.84 Å². The molecule has 0 aromatic rings. The largest absolute Gasteiger partial charge is 0.393 e. The third kappa shape index (κ3) is 5.45. The molecule has 2 aliphatic rings. The summed E-state index contributed by atoms with van der Waals surface area (Å²) in [6.45, 7) is 10.4. The highest BCUT2D eigenvalue weighted by Crippen LogP contribution is 2.19. The Hall–Kier alpha value is -0.850. The summed E-state index contributed by atoms with van der Waals surface area (Å²) >= 11 is 0. The minimum absolute atomic E-state index is 0.471. The van der Waals surface area contributed by atoms with E-state index < -0.39 is 0 Å². The van der Waals surface area contributed by atoms with Crippen molar-refractivity contribution in [2.75, 3.05) is 46.0 Å². The van der Waals surface area contributed by atoms with E-state index in [1.54, 1.807) is 0 Å². The lowest BCUT2D eigenvalue weighted by Crippen LogP contribution is -2.46. The number of oxime groups is 1. The zero-order valence-corrected chi connectivity index (χ0v) is 13.5. The Morgan fingerprint density at radius 1 is 1.29 bits per heavy atom. The fourth-order valence-corrected chi connectivity index (χ4v) is 3.11. The number of morpholine rings is 1. The van der Waals surface area contributed by atoms with Crippen LogP contribution in [-0.2, 0) is 9.57 Å². The second kappa shape index (κ2) is 8.56. The first kappa shape index (κ1) is 16.5. The van der Waals surface area contributed by atoms with Crippen molar-refractivity contribution in [3.63, 3.8) is 0 Å². The summed E-state index contributed by atoms with van der Waals surface area (Å²) in [7, 11) is 0. The van der Waals surface area contributed by atoms with Gasteiger partial charge in [-0.15, -0.1) is 0 Å². The van der Waals surface area contributed by atoms with Gasteiger partial charge in [0.2, 0.25) is 0 Å². The average Bonchev–Trinajstić information content (AvgIpc) is 2.48. The van der Waals surface area contributed by atoms with E-state index in [-0.39, 0.29) is 0 Å². The SMILES string of the molecule is CC(C)N1CCCCC1CON=C(N)CN1CCOCC1. The van der Waals surface area contributed by atoms with Crippen molar-refractivity contribution in [1.29, 1.82) is 0 Å².